The van der Waals surface area contributed by atoms with Crippen LogP contribution in [0.5, 0.6) is 0 Å². The van der Waals surface area contributed by atoms with Crippen LogP contribution < -0.4 is 4.90 Å². The maximum atomic E-state index is 6.86. The molecule has 0 bridgehead atoms. The maximum Gasteiger partial charge on any atom is 0.162 e. The second-order valence-electron chi connectivity index (χ2n) is 16.8. The van der Waals surface area contributed by atoms with Crippen molar-refractivity contribution in [1.82, 2.24) is 0 Å². The van der Waals surface area contributed by atoms with Gasteiger partial charge in [0.25, 0.3) is 0 Å². The summed E-state index contributed by atoms with van der Waals surface area (Å²) in [7, 11) is 0. The molecule has 1 aliphatic carbocycles. The number of rotatable bonds is 6. The minimum absolute atomic E-state index is 0.111. The Morgan fingerprint density at radius 2 is 1.10 bits per heavy atom. The predicted molar refractivity (Wildman–Crippen MR) is 257 cm³/mol. The van der Waals surface area contributed by atoms with E-state index >= 15 is 0 Å². The summed E-state index contributed by atoms with van der Waals surface area (Å²) in [4.78, 5) is 7.80. The average molecular weight is 797 g/mol. The van der Waals surface area contributed by atoms with Crippen LogP contribution in [-0.4, -0.2) is 5.71 Å². The predicted octanol–water partition coefficient (Wildman–Crippen LogP) is 15.7. The van der Waals surface area contributed by atoms with Crippen molar-refractivity contribution in [2.24, 2.45) is 4.99 Å². The van der Waals surface area contributed by atoms with E-state index in [0.29, 0.717) is 5.76 Å². The molecule has 4 heteroatoms. The van der Waals surface area contributed by atoms with Crippen LogP contribution in [0.3, 0.4) is 0 Å². The summed E-state index contributed by atoms with van der Waals surface area (Å²) in [6, 6.07) is 66.3. The first-order valence-corrected chi connectivity index (χ1v) is 21.1. The Morgan fingerprint density at radius 1 is 0.500 bits per heavy atom. The molecule has 8 aromatic carbocycles. The topological polar surface area (TPSA) is 41.9 Å². The van der Waals surface area contributed by atoms with Gasteiger partial charge in [-0.15, -0.1) is 0 Å². The Balaban J connectivity index is 1.01. The summed E-state index contributed by atoms with van der Waals surface area (Å²) in [5, 5.41) is 3.01. The zero-order chi connectivity index (χ0) is 41.5. The molecule has 0 unspecified atom stereocenters. The van der Waals surface area contributed by atoms with E-state index in [1.165, 1.54) is 22.3 Å². The number of hydrogen-bond donors (Lipinski definition) is 0. The molecule has 10 aromatic rings. The van der Waals surface area contributed by atoms with Gasteiger partial charge in [0.05, 0.1) is 5.70 Å². The SMILES string of the molecule is C=C1C=C(c2ccccc2)N=C(c2ccc(-c3ccc(N(c4ccccc4)c4ccc5c(c4)C(C)(C)c4ccccc4-5)cc3)c3oc4ccccc4c23)c2oc3ccccc3c21. The van der Waals surface area contributed by atoms with Gasteiger partial charge in [0.1, 0.15) is 22.5 Å². The fourth-order valence-electron chi connectivity index (χ4n) is 9.81. The molecule has 0 saturated heterocycles. The van der Waals surface area contributed by atoms with Gasteiger partial charge in [-0.2, -0.15) is 0 Å². The van der Waals surface area contributed by atoms with Crippen LogP contribution in [0, 0.1) is 0 Å². The van der Waals surface area contributed by atoms with Crippen molar-refractivity contribution in [2.45, 2.75) is 19.3 Å². The summed E-state index contributed by atoms with van der Waals surface area (Å²) in [6.45, 7) is 9.22. The molecule has 0 fully saturated rings. The number of fused-ring (bicyclic) bond motifs is 9. The third-order valence-corrected chi connectivity index (χ3v) is 12.8. The fourth-order valence-corrected chi connectivity index (χ4v) is 9.81. The van der Waals surface area contributed by atoms with Gasteiger partial charge in [0.2, 0.25) is 0 Å². The van der Waals surface area contributed by atoms with Crippen LogP contribution >= 0.6 is 0 Å². The second kappa shape index (κ2) is 13.8. The molecule has 12 rings (SSSR count). The Bertz CT molecular complexity index is 3490. The molecule has 2 aromatic heterocycles. The zero-order valence-electron chi connectivity index (χ0n) is 34.4. The molecule has 0 saturated carbocycles. The Hall–Kier alpha value is -7.95. The minimum atomic E-state index is -0.111. The lowest BCUT2D eigenvalue weighted by Gasteiger charge is -2.28. The van der Waals surface area contributed by atoms with Crippen molar-refractivity contribution in [3.05, 3.63) is 234 Å². The number of anilines is 3. The number of hydrogen-bond acceptors (Lipinski definition) is 4. The molecule has 0 N–H and O–H groups in total. The van der Waals surface area contributed by atoms with Crippen molar-refractivity contribution in [3.63, 3.8) is 0 Å². The molecule has 3 heterocycles. The van der Waals surface area contributed by atoms with Gasteiger partial charge in [0.15, 0.2) is 5.76 Å². The van der Waals surface area contributed by atoms with Crippen LogP contribution in [-0.2, 0) is 5.41 Å². The lowest BCUT2D eigenvalue weighted by atomic mass is 9.82. The number of nitrogens with zero attached hydrogens (tertiary/aromatic N) is 2. The Kier molecular flexibility index (Phi) is 8.00. The quantitative estimate of drug-likeness (QED) is 0.168. The van der Waals surface area contributed by atoms with Gasteiger partial charge < -0.3 is 13.7 Å². The van der Waals surface area contributed by atoms with Crippen LogP contribution in [0.25, 0.3) is 66.4 Å². The molecule has 1 aliphatic heterocycles. The number of aliphatic imine (C=N–C) groups is 1. The van der Waals surface area contributed by atoms with Gasteiger partial charge in [0, 0.05) is 60.9 Å². The highest BCUT2D eigenvalue weighted by atomic mass is 16.3. The van der Waals surface area contributed by atoms with Gasteiger partial charge in [-0.05, 0) is 94.1 Å². The minimum Gasteiger partial charge on any atom is -0.455 e. The van der Waals surface area contributed by atoms with E-state index in [9.17, 15) is 0 Å². The number of allylic oxidation sites excluding steroid dienone is 2. The van der Waals surface area contributed by atoms with E-state index in [-0.39, 0.29) is 5.41 Å². The van der Waals surface area contributed by atoms with Crippen molar-refractivity contribution in [3.8, 4) is 22.3 Å². The lowest BCUT2D eigenvalue weighted by molar-refractivity contribution is 0.604. The molecule has 62 heavy (non-hydrogen) atoms. The smallest absolute Gasteiger partial charge is 0.162 e. The van der Waals surface area contributed by atoms with Gasteiger partial charge in [-0.1, -0.05) is 154 Å². The van der Waals surface area contributed by atoms with Crippen LogP contribution in [0.15, 0.2) is 215 Å². The monoisotopic (exact) mass is 796 g/mol. The molecule has 0 amide bonds. The molecule has 294 valence electrons. The second-order valence-corrected chi connectivity index (χ2v) is 16.8. The van der Waals surface area contributed by atoms with Crippen LogP contribution in [0.1, 0.15) is 47.4 Å². The van der Waals surface area contributed by atoms with E-state index in [0.717, 1.165) is 94.8 Å². The number of furan rings is 2. The first kappa shape index (κ1) is 35.9. The van der Waals surface area contributed by atoms with Crippen molar-refractivity contribution >= 4 is 67.0 Å². The summed E-state index contributed by atoms with van der Waals surface area (Å²) in [6.07, 6.45) is 2.07. The largest absolute Gasteiger partial charge is 0.455 e. The van der Waals surface area contributed by atoms with E-state index in [2.05, 4.69) is 171 Å². The van der Waals surface area contributed by atoms with E-state index in [1.807, 2.05) is 48.5 Å². The summed E-state index contributed by atoms with van der Waals surface area (Å²) in [5.74, 6) is 0.696. The third-order valence-electron chi connectivity index (χ3n) is 12.8. The van der Waals surface area contributed by atoms with E-state index in [4.69, 9.17) is 13.8 Å². The number of para-hydroxylation sites is 3. The molecule has 2 aliphatic rings. The van der Waals surface area contributed by atoms with E-state index in [1.54, 1.807) is 0 Å². The molecular formula is C58H40N2O2. The van der Waals surface area contributed by atoms with Gasteiger partial charge in [-0.25, -0.2) is 4.99 Å². The van der Waals surface area contributed by atoms with E-state index < -0.39 is 0 Å². The highest BCUT2D eigenvalue weighted by Gasteiger charge is 2.36. The zero-order valence-corrected chi connectivity index (χ0v) is 34.4. The normalized spacial score (nSPS) is 14.0. The third kappa shape index (κ3) is 5.50. The molecule has 0 radical (unpaired) electrons. The lowest BCUT2D eigenvalue weighted by Crippen LogP contribution is -2.16. The van der Waals surface area contributed by atoms with Crippen LogP contribution in [0.2, 0.25) is 0 Å². The number of benzene rings is 8. The highest BCUT2D eigenvalue weighted by Crippen LogP contribution is 2.51. The summed E-state index contributed by atoms with van der Waals surface area (Å²) < 4.78 is 13.6. The summed E-state index contributed by atoms with van der Waals surface area (Å²) >= 11 is 0. The van der Waals surface area contributed by atoms with Crippen molar-refractivity contribution in [2.75, 3.05) is 4.90 Å². The Labute approximate surface area is 360 Å². The van der Waals surface area contributed by atoms with Crippen molar-refractivity contribution in [1.29, 1.82) is 0 Å². The first-order chi connectivity index (χ1) is 30.4. The Morgan fingerprint density at radius 3 is 1.89 bits per heavy atom. The highest BCUT2D eigenvalue weighted by molar-refractivity contribution is 6.28. The first-order valence-electron chi connectivity index (χ1n) is 21.1. The van der Waals surface area contributed by atoms with Crippen LogP contribution in [0.4, 0.5) is 17.1 Å². The molecule has 0 spiro atoms. The maximum absolute atomic E-state index is 6.86. The summed E-state index contributed by atoms with van der Waals surface area (Å²) in [5.41, 5.74) is 18.2. The molecule has 0 atom stereocenters. The molecule has 4 nitrogen and oxygen atoms in total. The molecular weight excluding hydrogens is 757 g/mol. The fraction of sp³-hybridized carbons (Fsp3) is 0.0517. The van der Waals surface area contributed by atoms with Gasteiger partial charge in [-0.3, -0.25) is 0 Å². The average Bonchev–Trinajstić information content (AvgIpc) is 3.94. The van der Waals surface area contributed by atoms with Gasteiger partial charge >= 0.3 is 0 Å². The van der Waals surface area contributed by atoms with Crippen molar-refractivity contribution < 1.29 is 8.83 Å². The standard InChI is InChI=1S/C58H40N2O2/c1-36-34-50(38-16-6-4-7-17-38)59-55(57-53(36)45-21-11-14-24-51(45)62-57)47-33-32-42(56-54(47)46-22-12-15-25-52(46)61-56)37-26-28-40(29-27-37)60(39-18-8-5-9-19-39)41-30-31-44-43-20-10-13-23-48(43)58(2,3)49(44)35-41/h4-35H,1H2,2-3H3.